The molecule has 3 rings (SSSR count). The number of aromatic amines is 1. The van der Waals surface area contributed by atoms with Gasteiger partial charge in [-0.3, -0.25) is 19.1 Å². The van der Waals surface area contributed by atoms with Gasteiger partial charge in [0.1, 0.15) is 11.4 Å². The maximum atomic E-state index is 13.6. The highest BCUT2D eigenvalue weighted by Crippen LogP contribution is 2.14. The zero-order valence-corrected chi connectivity index (χ0v) is 13.8. The molecular formula is C18H15FN4O3. The van der Waals surface area contributed by atoms with Crippen LogP contribution in [0, 0.1) is 12.7 Å². The number of halogens is 1. The van der Waals surface area contributed by atoms with E-state index in [-0.39, 0.29) is 17.8 Å². The Morgan fingerprint density at radius 1 is 1.27 bits per heavy atom. The number of rotatable bonds is 4. The van der Waals surface area contributed by atoms with Crippen molar-refractivity contribution in [1.29, 1.82) is 0 Å². The van der Waals surface area contributed by atoms with Crippen LogP contribution >= 0.6 is 0 Å². The minimum atomic E-state index is -0.760. The predicted octanol–water partition coefficient (Wildman–Crippen LogP) is 1.68. The smallest absolute Gasteiger partial charge is 0.322 e. The Hall–Kier alpha value is -3.55. The molecule has 1 amide bonds. The van der Waals surface area contributed by atoms with Crippen LogP contribution in [-0.2, 0) is 6.54 Å². The minimum absolute atomic E-state index is 0.0741. The Labute approximate surface area is 147 Å². The van der Waals surface area contributed by atoms with Crippen molar-refractivity contribution in [2.75, 3.05) is 5.32 Å². The van der Waals surface area contributed by atoms with Crippen LogP contribution in [0.2, 0.25) is 0 Å². The topological polar surface area (TPSA) is 96.8 Å². The number of nitrogens with one attached hydrogen (secondary N) is 2. The van der Waals surface area contributed by atoms with Crippen LogP contribution in [0.1, 0.15) is 21.6 Å². The first-order valence-corrected chi connectivity index (χ1v) is 7.75. The van der Waals surface area contributed by atoms with E-state index in [0.29, 0.717) is 11.3 Å². The van der Waals surface area contributed by atoms with Gasteiger partial charge < -0.3 is 10.3 Å². The van der Waals surface area contributed by atoms with Crippen molar-refractivity contribution < 1.29 is 9.18 Å². The molecule has 0 aliphatic rings. The van der Waals surface area contributed by atoms with Crippen molar-refractivity contribution in [3.8, 4) is 0 Å². The predicted molar refractivity (Wildman–Crippen MR) is 93.8 cm³/mol. The van der Waals surface area contributed by atoms with E-state index in [1.165, 1.54) is 18.3 Å². The summed E-state index contributed by atoms with van der Waals surface area (Å²) in [7, 11) is 0. The highest BCUT2D eigenvalue weighted by molar-refractivity contribution is 6.03. The molecular weight excluding hydrogens is 339 g/mol. The van der Waals surface area contributed by atoms with E-state index in [1.54, 1.807) is 25.1 Å². The van der Waals surface area contributed by atoms with E-state index >= 15 is 0 Å². The van der Waals surface area contributed by atoms with E-state index in [0.717, 1.165) is 16.8 Å². The van der Waals surface area contributed by atoms with Gasteiger partial charge in [-0.15, -0.1) is 0 Å². The molecule has 0 radical (unpaired) electrons. The van der Waals surface area contributed by atoms with Crippen LogP contribution in [0.4, 0.5) is 10.1 Å². The molecule has 0 fully saturated rings. The largest absolute Gasteiger partial charge is 0.328 e. The maximum absolute atomic E-state index is 13.6. The third-order valence-corrected chi connectivity index (χ3v) is 3.78. The number of nitrogens with zero attached hydrogens (tertiary/aromatic N) is 2. The van der Waals surface area contributed by atoms with Gasteiger partial charge in [0, 0.05) is 18.1 Å². The van der Waals surface area contributed by atoms with Crippen LogP contribution in [0.25, 0.3) is 0 Å². The summed E-state index contributed by atoms with van der Waals surface area (Å²) in [5.74, 6) is -1.22. The lowest BCUT2D eigenvalue weighted by atomic mass is 10.2. The minimum Gasteiger partial charge on any atom is -0.322 e. The number of hydrogen-bond acceptors (Lipinski definition) is 4. The molecule has 0 aliphatic carbocycles. The normalized spacial score (nSPS) is 10.5. The van der Waals surface area contributed by atoms with Gasteiger partial charge in [-0.1, -0.05) is 12.1 Å². The second kappa shape index (κ2) is 7.14. The van der Waals surface area contributed by atoms with E-state index in [1.807, 2.05) is 0 Å². The van der Waals surface area contributed by atoms with Crippen LogP contribution in [-0.4, -0.2) is 20.4 Å². The molecule has 132 valence electrons. The fourth-order valence-corrected chi connectivity index (χ4v) is 2.34. The Morgan fingerprint density at radius 3 is 2.77 bits per heavy atom. The van der Waals surface area contributed by atoms with E-state index < -0.39 is 23.0 Å². The number of hydrogen-bond donors (Lipinski definition) is 2. The molecule has 7 nitrogen and oxygen atoms in total. The average Bonchev–Trinajstić information content (AvgIpc) is 2.62. The second-order valence-corrected chi connectivity index (χ2v) is 5.64. The first kappa shape index (κ1) is 17.3. The highest BCUT2D eigenvalue weighted by atomic mass is 19.1. The van der Waals surface area contributed by atoms with Crippen molar-refractivity contribution in [3.05, 3.63) is 92.3 Å². The summed E-state index contributed by atoms with van der Waals surface area (Å²) in [5.41, 5.74) is -0.535. The van der Waals surface area contributed by atoms with Crippen LogP contribution in [0.5, 0.6) is 0 Å². The van der Waals surface area contributed by atoms with Crippen molar-refractivity contribution in [2.24, 2.45) is 0 Å². The van der Waals surface area contributed by atoms with Gasteiger partial charge in [0.25, 0.3) is 11.5 Å². The Bertz CT molecular complexity index is 1070. The third-order valence-electron chi connectivity index (χ3n) is 3.78. The number of benzene rings is 1. The standard InChI is InChI=1S/C18H15FN4O3/c1-11-5-6-12(8-15(11)19)22-16(24)14-9-21-18(26)23(17(14)25)10-13-4-2-3-7-20-13/h2-9H,10H2,1H3,(H,21,26)(H,22,24). The lowest BCUT2D eigenvalue weighted by Gasteiger charge is -2.08. The van der Waals surface area contributed by atoms with Gasteiger partial charge in [-0.2, -0.15) is 0 Å². The number of carbonyl (C=O) groups excluding carboxylic acids is 1. The molecule has 0 spiro atoms. The fraction of sp³-hybridized carbons (Fsp3) is 0.111. The highest BCUT2D eigenvalue weighted by Gasteiger charge is 2.16. The van der Waals surface area contributed by atoms with Gasteiger partial charge in [0.2, 0.25) is 0 Å². The van der Waals surface area contributed by atoms with E-state index in [2.05, 4.69) is 15.3 Å². The average molecular weight is 354 g/mol. The van der Waals surface area contributed by atoms with Gasteiger partial charge in [-0.25, -0.2) is 9.18 Å². The monoisotopic (exact) mass is 354 g/mol. The SMILES string of the molecule is Cc1ccc(NC(=O)c2c[nH]c(=O)n(Cc3ccccn3)c2=O)cc1F. The summed E-state index contributed by atoms with van der Waals surface area (Å²) in [6.07, 6.45) is 2.58. The molecule has 0 atom stereocenters. The molecule has 0 saturated carbocycles. The summed E-state index contributed by atoms with van der Waals surface area (Å²) in [5, 5.41) is 2.45. The zero-order valence-electron chi connectivity index (χ0n) is 13.8. The zero-order chi connectivity index (χ0) is 18.7. The van der Waals surface area contributed by atoms with Crippen LogP contribution in [0.3, 0.4) is 0 Å². The van der Waals surface area contributed by atoms with Crippen molar-refractivity contribution in [2.45, 2.75) is 13.5 Å². The van der Waals surface area contributed by atoms with Crippen LogP contribution < -0.4 is 16.6 Å². The summed E-state index contributed by atoms with van der Waals surface area (Å²) in [6, 6.07) is 9.29. The quantitative estimate of drug-likeness (QED) is 0.745. The van der Waals surface area contributed by atoms with Crippen molar-refractivity contribution >= 4 is 11.6 Å². The Kier molecular flexibility index (Phi) is 4.74. The lowest BCUT2D eigenvalue weighted by molar-refractivity contribution is 0.102. The second-order valence-electron chi connectivity index (χ2n) is 5.64. The number of H-pyrrole nitrogens is 1. The molecule has 0 bridgehead atoms. The number of anilines is 1. The number of carbonyl (C=O) groups is 1. The maximum Gasteiger partial charge on any atom is 0.328 e. The Morgan fingerprint density at radius 2 is 2.08 bits per heavy atom. The van der Waals surface area contributed by atoms with Gasteiger partial charge in [0.15, 0.2) is 0 Å². The van der Waals surface area contributed by atoms with Crippen molar-refractivity contribution in [1.82, 2.24) is 14.5 Å². The molecule has 0 aliphatic heterocycles. The summed E-state index contributed by atoms with van der Waals surface area (Å²) in [6.45, 7) is 1.52. The number of aryl methyl sites for hydroxylation is 1. The van der Waals surface area contributed by atoms with E-state index in [9.17, 15) is 18.8 Å². The summed E-state index contributed by atoms with van der Waals surface area (Å²) in [4.78, 5) is 43.3. The van der Waals surface area contributed by atoms with E-state index in [4.69, 9.17) is 0 Å². The molecule has 0 saturated heterocycles. The number of pyridine rings is 1. The molecule has 2 heterocycles. The Balaban J connectivity index is 1.91. The molecule has 1 aromatic carbocycles. The summed E-state index contributed by atoms with van der Waals surface area (Å²) < 4.78 is 14.5. The molecule has 0 unspecified atom stereocenters. The first-order chi connectivity index (χ1) is 12.5. The lowest BCUT2D eigenvalue weighted by Crippen LogP contribution is -2.39. The molecule has 26 heavy (non-hydrogen) atoms. The number of amides is 1. The van der Waals surface area contributed by atoms with Crippen molar-refractivity contribution in [3.63, 3.8) is 0 Å². The fourth-order valence-electron chi connectivity index (χ4n) is 2.34. The first-order valence-electron chi connectivity index (χ1n) is 7.75. The van der Waals surface area contributed by atoms with Gasteiger partial charge in [0.05, 0.1) is 12.2 Å². The summed E-state index contributed by atoms with van der Waals surface area (Å²) >= 11 is 0. The van der Waals surface area contributed by atoms with Gasteiger partial charge >= 0.3 is 5.69 Å². The molecule has 2 N–H and O–H groups in total. The molecule has 8 heteroatoms. The molecule has 3 aromatic rings. The third kappa shape index (κ3) is 3.59. The van der Waals surface area contributed by atoms with Crippen LogP contribution in [0.15, 0.2) is 58.4 Å². The number of aromatic nitrogens is 3. The van der Waals surface area contributed by atoms with Gasteiger partial charge in [-0.05, 0) is 36.8 Å². The molecule has 2 aromatic heterocycles.